The third kappa shape index (κ3) is 2.35. The number of esters is 1. The standard InChI is InChI=1S/C13H11N3O3S/c1-7-10(16-19-15-7)6-18-13(17)12-5-8-4-9(14)2-3-11(8)20-12/h2-5H,6,14H2,1H3. The first-order chi connectivity index (χ1) is 9.63. The summed E-state index contributed by atoms with van der Waals surface area (Å²) in [6, 6.07) is 7.29. The smallest absolute Gasteiger partial charge is 0.348 e. The molecule has 0 spiro atoms. The van der Waals surface area contributed by atoms with Crippen LogP contribution in [-0.4, -0.2) is 16.3 Å². The lowest BCUT2D eigenvalue weighted by Crippen LogP contribution is -2.04. The van der Waals surface area contributed by atoms with Crippen molar-refractivity contribution in [3.8, 4) is 0 Å². The average molecular weight is 289 g/mol. The van der Waals surface area contributed by atoms with Gasteiger partial charge in [-0.1, -0.05) is 10.3 Å². The van der Waals surface area contributed by atoms with Crippen LogP contribution < -0.4 is 5.73 Å². The highest BCUT2D eigenvalue weighted by molar-refractivity contribution is 7.20. The quantitative estimate of drug-likeness (QED) is 0.588. The van der Waals surface area contributed by atoms with Crippen molar-refractivity contribution in [2.24, 2.45) is 0 Å². The van der Waals surface area contributed by atoms with Crippen LogP contribution in [0.3, 0.4) is 0 Å². The predicted octanol–water partition coefficient (Wildman–Crippen LogP) is 2.53. The number of nitrogens with zero attached hydrogens (tertiary/aromatic N) is 2. The molecular formula is C13H11N3O3S. The lowest BCUT2D eigenvalue weighted by Gasteiger charge is -1.99. The summed E-state index contributed by atoms with van der Waals surface area (Å²) >= 11 is 1.37. The third-order valence-corrected chi connectivity index (χ3v) is 3.92. The van der Waals surface area contributed by atoms with Crippen molar-refractivity contribution < 1.29 is 14.2 Å². The highest BCUT2D eigenvalue weighted by Gasteiger charge is 2.14. The number of nitrogen functional groups attached to an aromatic ring is 1. The molecule has 0 unspecified atom stereocenters. The highest BCUT2D eigenvalue weighted by Crippen LogP contribution is 2.27. The lowest BCUT2D eigenvalue weighted by atomic mass is 10.2. The van der Waals surface area contributed by atoms with Gasteiger partial charge in [0.1, 0.15) is 22.9 Å². The second-order valence-corrected chi connectivity index (χ2v) is 5.36. The number of carbonyl (C=O) groups is 1. The Morgan fingerprint density at radius 1 is 1.40 bits per heavy atom. The van der Waals surface area contributed by atoms with Crippen molar-refractivity contribution >= 4 is 33.1 Å². The predicted molar refractivity (Wildman–Crippen MR) is 74.4 cm³/mol. The number of aryl methyl sites for hydroxylation is 1. The minimum absolute atomic E-state index is 0.0462. The van der Waals surface area contributed by atoms with Crippen molar-refractivity contribution in [3.63, 3.8) is 0 Å². The van der Waals surface area contributed by atoms with E-state index >= 15 is 0 Å². The molecule has 0 aliphatic heterocycles. The van der Waals surface area contributed by atoms with Crippen LogP contribution in [0.25, 0.3) is 10.1 Å². The van der Waals surface area contributed by atoms with Gasteiger partial charge in [-0.25, -0.2) is 9.42 Å². The number of ether oxygens (including phenoxy) is 1. The van der Waals surface area contributed by atoms with Crippen molar-refractivity contribution in [1.82, 2.24) is 10.3 Å². The monoisotopic (exact) mass is 289 g/mol. The van der Waals surface area contributed by atoms with E-state index in [0.29, 0.717) is 22.0 Å². The van der Waals surface area contributed by atoms with Gasteiger partial charge >= 0.3 is 5.97 Å². The summed E-state index contributed by atoms with van der Waals surface area (Å²) < 4.78 is 10.7. The van der Waals surface area contributed by atoms with E-state index < -0.39 is 5.97 Å². The number of rotatable bonds is 3. The maximum absolute atomic E-state index is 12.0. The fourth-order valence-corrected chi connectivity index (χ4v) is 2.68. The number of benzene rings is 1. The highest BCUT2D eigenvalue weighted by atomic mass is 32.1. The van der Waals surface area contributed by atoms with Crippen molar-refractivity contribution in [1.29, 1.82) is 0 Å². The first-order valence-corrected chi connectivity index (χ1v) is 6.69. The van der Waals surface area contributed by atoms with E-state index in [2.05, 4.69) is 14.9 Å². The zero-order valence-electron chi connectivity index (χ0n) is 10.6. The Bertz CT molecular complexity index is 778. The number of fused-ring (bicyclic) bond motifs is 1. The Morgan fingerprint density at radius 2 is 2.25 bits per heavy atom. The number of anilines is 1. The molecule has 0 radical (unpaired) electrons. The number of carbonyl (C=O) groups excluding carboxylic acids is 1. The van der Waals surface area contributed by atoms with Crippen LogP contribution in [0.2, 0.25) is 0 Å². The zero-order chi connectivity index (χ0) is 14.1. The van der Waals surface area contributed by atoms with Crippen LogP contribution in [0.5, 0.6) is 0 Å². The average Bonchev–Trinajstić information content (AvgIpc) is 3.01. The molecule has 3 aromatic rings. The van der Waals surface area contributed by atoms with Crippen LogP contribution in [0, 0.1) is 6.92 Å². The van der Waals surface area contributed by atoms with E-state index in [9.17, 15) is 4.79 Å². The fraction of sp³-hybridized carbons (Fsp3) is 0.154. The second-order valence-electron chi connectivity index (χ2n) is 4.28. The molecule has 1 aromatic carbocycles. The molecule has 0 aliphatic rings. The summed E-state index contributed by atoms with van der Waals surface area (Å²) in [6.45, 7) is 1.78. The van der Waals surface area contributed by atoms with E-state index in [0.717, 1.165) is 10.1 Å². The van der Waals surface area contributed by atoms with Gasteiger partial charge in [-0.2, -0.15) is 0 Å². The van der Waals surface area contributed by atoms with Gasteiger partial charge in [-0.15, -0.1) is 11.3 Å². The zero-order valence-corrected chi connectivity index (χ0v) is 11.4. The maximum atomic E-state index is 12.0. The minimum Gasteiger partial charge on any atom is -0.455 e. The SMILES string of the molecule is Cc1nonc1COC(=O)c1cc2cc(N)ccc2s1. The molecule has 2 heterocycles. The molecule has 0 aliphatic carbocycles. The third-order valence-electron chi connectivity index (χ3n) is 2.83. The van der Waals surface area contributed by atoms with Crippen LogP contribution in [0.15, 0.2) is 28.9 Å². The summed E-state index contributed by atoms with van der Waals surface area (Å²) in [4.78, 5) is 12.5. The summed E-state index contributed by atoms with van der Waals surface area (Å²) in [5.74, 6) is -0.396. The maximum Gasteiger partial charge on any atom is 0.348 e. The molecule has 20 heavy (non-hydrogen) atoms. The first-order valence-electron chi connectivity index (χ1n) is 5.88. The number of hydrogen-bond acceptors (Lipinski definition) is 7. The Kier molecular flexibility index (Phi) is 3.11. The van der Waals surface area contributed by atoms with Gasteiger partial charge in [0.15, 0.2) is 0 Å². The Labute approximate surface area is 118 Å². The number of aromatic nitrogens is 2. The van der Waals surface area contributed by atoms with Gasteiger partial charge in [0, 0.05) is 10.4 Å². The van der Waals surface area contributed by atoms with Gasteiger partial charge in [0.25, 0.3) is 0 Å². The largest absolute Gasteiger partial charge is 0.455 e. The van der Waals surface area contributed by atoms with Crippen LogP contribution in [0.1, 0.15) is 21.1 Å². The Hall–Kier alpha value is -2.41. The number of hydrogen-bond donors (Lipinski definition) is 1. The Balaban J connectivity index is 1.77. The van der Waals surface area contributed by atoms with Crippen molar-refractivity contribution in [2.75, 3.05) is 5.73 Å². The van der Waals surface area contributed by atoms with Gasteiger partial charge in [0.05, 0.1) is 0 Å². The molecule has 0 bridgehead atoms. The van der Waals surface area contributed by atoms with Crippen molar-refractivity contribution in [2.45, 2.75) is 13.5 Å². The van der Waals surface area contributed by atoms with Gasteiger partial charge in [-0.05, 0) is 36.6 Å². The van der Waals surface area contributed by atoms with Crippen LogP contribution >= 0.6 is 11.3 Å². The number of nitrogens with two attached hydrogens (primary N) is 1. The molecule has 0 saturated carbocycles. The fourth-order valence-electron chi connectivity index (χ4n) is 1.75. The summed E-state index contributed by atoms with van der Waals surface area (Å²) in [7, 11) is 0. The molecule has 2 N–H and O–H groups in total. The second kappa shape index (κ2) is 4.93. The van der Waals surface area contributed by atoms with E-state index in [1.807, 2.05) is 12.1 Å². The lowest BCUT2D eigenvalue weighted by molar-refractivity contribution is 0.0469. The van der Waals surface area contributed by atoms with Gasteiger partial charge in [0.2, 0.25) is 0 Å². The molecule has 3 rings (SSSR count). The van der Waals surface area contributed by atoms with Gasteiger partial charge < -0.3 is 10.5 Å². The molecule has 0 atom stereocenters. The molecule has 6 nitrogen and oxygen atoms in total. The Morgan fingerprint density at radius 3 is 3.00 bits per heavy atom. The minimum atomic E-state index is -0.396. The summed E-state index contributed by atoms with van der Waals surface area (Å²) in [6.07, 6.45) is 0. The molecular weight excluding hydrogens is 278 g/mol. The molecule has 102 valence electrons. The van der Waals surface area contributed by atoms with E-state index in [1.165, 1.54) is 11.3 Å². The molecule has 0 amide bonds. The topological polar surface area (TPSA) is 91.2 Å². The molecule has 0 fully saturated rings. The van der Waals surface area contributed by atoms with Crippen molar-refractivity contribution in [3.05, 3.63) is 40.5 Å². The molecule has 0 saturated heterocycles. The summed E-state index contributed by atoms with van der Waals surface area (Å²) in [5, 5.41) is 8.21. The summed E-state index contributed by atoms with van der Waals surface area (Å²) in [5.41, 5.74) is 7.51. The van der Waals surface area contributed by atoms with E-state index in [1.54, 1.807) is 19.1 Å². The van der Waals surface area contributed by atoms with Crippen LogP contribution in [0.4, 0.5) is 5.69 Å². The molecule has 2 aromatic heterocycles. The van der Waals surface area contributed by atoms with Crippen LogP contribution in [-0.2, 0) is 11.3 Å². The van der Waals surface area contributed by atoms with Gasteiger partial charge in [-0.3, -0.25) is 0 Å². The first kappa shape index (κ1) is 12.6. The molecule has 7 heteroatoms. The number of thiophene rings is 1. The van der Waals surface area contributed by atoms with E-state index in [-0.39, 0.29) is 6.61 Å². The van der Waals surface area contributed by atoms with E-state index in [4.69, 9.17) is 10.5 Å². The normalized spacial score (nSPS) is 10.8.